The first kappa shape index (κ1) is 14.8. The molecule has 0 bridgehead atoms. The molecule has 0 aromatic heterocycles. The molecule has 0 heterocycles. The van der Waals surface area contributed by atoms with E-state index in [0.717, 1.165) is 43.5 Å². The van der Waals surface area contributed by atoms with Crippen molar-refractivity contribution < 1.29 is 4.79 Å². The zero-order valence-corrected chi connectivity index (χ0v) is 12.2. The van der Waals surface area contributed by atoms with Crippen LogP contribution in [0, 0.1) is 5.92 Å². The van der Waals surface area contributed by atoms with Crippen LogP contribution in [0.3, 0.4) is 0 Å². The summed E-state index contributed by atoms with van der Waals surface area (Å²) < 4.78 is 0. The highest BCUT2D eigenvalue weighted by Crippen LogP contribution is 2.17. The SMILES string of the molecule is CNCCc1ccccc1C(=O)NCC1CC=CCC1. The van der Waals surface area contributed by atoms with Crippen molar-refractivity contribution in [3.8, 4) is 0 Å². The van der Waals surface area contributed by atoms with Gasteiger partial charge in [-0.1, -0.05) is 30.4 Å². The highest BCUT2D eigenvalue weighted by molar-refractivity contribution is 5.95. The van der Waals surface area contributed by atoms with Crippen molar-refractivity contribution in [1.82, 2.24) is 10.6 Å². The van der Waals surface area contributed by atoms with E-state index in [2.05, 4.69) is 22.8 Å². The molecule has 0 fully saturated rings. The lowest BCUT2D eigenvalue weighted by Crippen LogP contribution is -2.30. The summed E-state index contributed by atoms with van der Waals surface area (Å²) in [5.74, 6) is 0.652. The van der Waals surface area contributed by atoms with Crippen molar-refractivity contribution in [3.63, 3.8) is 0 Å². The Morgan fingerprint density at radius 2 is 2.15 bits per heavy atom. The highest BCUT2D eigenvalue weighted by atomic mass is 16.1. The first-order chi connectivity index (χ1) is 9.81. The normalized spacial score (nSPS) is 17.9. The predicted molar refractivity (Wildman–Crippen MR) is 82.9 cm³/mol. The number of carbonyl (C=O) groups is 1. The summed E-state index contributed by atoms with van der Waals surface area (Å²) in [7, 11) is 1.93. The lowest BCUT2D eigenvalue weighted by Gasteiger charge is -2.18. The van der Waals surface area contributed by atoms with Gasteiger partial charge in [-0.15, -0.1) is 0 Å². The largest absolute Gasteiger partial charge is 0.352 e. The summed E-state index contributed by atoms with van der Waals surface area (Å²) in [5.41, 5.74) is 1.93. The lowest BCUT2D eigenvalue weighted by molar-refractivity contribution is 0.0945. The topological polar surface area (TPSA) is 41.1 Å². The fourth-order valence-corrected chi connectivity index (χ4v) is 2.59. The lowest BCUT2D eigenvalue weighted by atomic mass is 9.94. The molecule has 1 aromatic rings. The van der Waals surface area contributed by atoms with Crippen molar-refractivity contribution in [2.24, 2.45) is 5.92 Å². The number of benzene rings is 1. The number of hydrogen-bond acceptors (Lipinski definition) is 2. The molecular weight excluding hydrogens is 248 g/mol. The summed E-state index contributed by atoms with van der Waals surface area (Å²) >= 11 is 0. The Morgan fingerprint density at radius 3 is 2.90 bits per heavy atom. The Morgan fingerprint density at radius 1 is 1.30 bits per heavy atom. The minimum atomic E-state index is 0.0613. The van der Waals surface area contributed by atoms with E-state index in [1.165, 1.54) is 6.42 Å². The van der Waals surface area contributed by atoms with Gasteiger partial charge < -0.3 is 10.6 Å². The van der Waals surface area contributed by atoms with Gasteiger partial charge in [0.1, 0.15) is 0 Å². The summed E-state index contributed by atoms with van der Waals surface area (Å²) in [4.78, 5) is 12.3. The average Bonchev–Trinajstić information content (AvgIpc) is 2.52. The zero-order valence-electron chi connectivity index (χ0n) is 12.2. The molecule has 1 unspecified atom stereocenters. The summed E-state index contributed by atoms with van der Waals surface area (Å²) in [6.07, 6.45) is 8.73. The Kier molecular flexibility index (Phi) is 5.81. The molecule has 1 amide bonds. The van der Waals surface area contributed by atoms with Gasteiger partial charge in [-0.05, 0) is 56.8 Å². The number of carbonyl (C=O) groups excluding carboxylic acids is 1. The van der Waals surface area contributed by atoms with Crippen molar-refractivity contribution in [2.75, 3.05) is 20.1 Å². The monoisotopic (exact) mass is 272 g/mol. The quantitative estimate of drug-likeness (QED) is 0.781. The van der Waals surface area contributed by atoms with Gasteiger partial charge in [0.15, 0.2) is 0 Å². The first-order valence-corrected chi connectivity index (χ1v) is 7.47. The second kappa shape index (κ2) is 7.85. The molecule has 108 valence electrons. The second-order valence-electron chi connectivity index (χ2n) is 5.37. The molecular formula is C17H24N2O. The first-order valence-electron chi connectivity index (χ1n) is 7.47. The molecule has 1 aliphatic carbocycles. The van der Waals surface area contributed by atoms with Crippen molar-refractivity contribution in [1.29, 1.82) is 0 Å². The molecule has 3 nitrogen and oxygen atoms in total. The minimum absolute atomic E-state index is 0.0613. The molecule has 1 aromatic carbocycles. The summed E-state index contributed by atoms with van der Waals surface area (Å²) in [6, 6.07) is 7.88. The van der Waals surface area contributed by atoms with E-state index >= 15 is 0 Å². The third-order valence-corrected chi connectivity index (χ3v) is 3.84. The van der Waals surface area contributed by atoms with Gasteiger partial charge in [-0.3, -0.25) is 4.79 Å². The Hall–Kier alpha value is -1.61. The van der Waals surface area contributed by atoms with Crippen LogP contribution in [0.2, 0.25) is 0 Å². The van der Waals surface area contributed by atoms with Gasteiger partial charge in [0.05, 0.1) is 0 Å². The maximum Gasteiger partial charge on any atom is 0.251 e. The van der Waals surface area contributed by atoms with Crippen LogP contribution in [0.4, 0.5) is 0 Å². The summed E-state index contributed by atoms with van der Waals surface area (Å²) in [6.45, 7) is 1.67. The van der Waals surface area contributed by atoms with E-state index in [4.69, 9.17) is 0 Å². The molecule has 3 heteroatoms. The molecule has 0 spiro atoms. The summed E-state index contributed by atoms with van der Waals surface area (Å²) in [5, 5.41) is 6.22. The Balaban J connectivity index is 1.92. The van der Waals surface area contributed by atoms with Crippen molar-refractivity contribution in [3.05, 3.63) is 47.5 Å². The molecule has 0 saturated heterocycles. The van der Waals surface area contributed by atoms with Crippen LogP contribution in [-0.4, -0.2) is 26.0 Å². The third kappa shape index (κ3) is 4.20. The Bertz CT molecular complexity index is 468. The van der Waals surface area contributed by atoms with E-state index < -0.39 is 0 Å². The molecule has 2 N–H and O–H groups in total. The maximum atomic E-state index is 12.3. The van der Waals surface area contributed by atoms with E-state index in [9.17, 15) is 4.79 Å². The van der Waals surface area contributed by atoms with Crippen LogP contribution in [0.25, 0.3) is 0 Å². The molecule has 1 atom stereocenters. The minimum Gasteiger partial charge on any atom is -0.352 e. The number of nitrogens with one attached hydrogen (secondary N) is 2. The number of rotatable bonds is 6. The number of allylic oxidation sites excluding steroid dienone is 2. The predicted octanol–water partition coefficient (Wildman–Crippen LogP) is 2.53. The number of hydrogen-bond donors (Lipinski definition) is 2. The van der Waals surface area contributed by atoms with Crippen LogP contribution < -0.4 is 10.6 Å². The van der Waals surface area contributed by atoms with Gasteiger partial charge in [0.25, 0.3) is 5.91 Å². The molecule has 0 saturated carbocycles. The maximum absolute atomic E-state index is 12.3. The second-order valence-corrected chi connectivity index (χ2v) is 5.37. The van der Waals surface area contributed by atoms with E-state index in [0.29, 0.717) is 5.92 Å². The van der Waals surface area contributed by atoms with Crippen LogP contribution in [-0.2, 0) is 6.42 Å². The molecule has 0 radical (unpaired) electrons. The van der Waals surface area contributed by atoms with E-state index in [-0.39, 0.29) is 5.91 Å². The van der Waals surface area contributed by atoms with Crippen LogP contribution in [0.1, 0.15) is 35.2 Å². The van der Waals surface area contributed by atoms with Gasteiger partial charge in [0, 0.05) is 12.1 Å². The van der Waals surface area contributed by atoms with Crippen molar-refractivity contribution >= 4 is 5.91 Å². The highest BCUT2D eigenvalue weighted by Gasteiger charge is 2.14. The van der Waals surface area contributed by atoms with Crippen molar-refractivity contribution in [2.45, 2.75) is 25.7 Å². The number of likely N-dealkylation sites (N-methyl/N-ethyl adjacent to an activating group) is 1. The fourth-order valence-electron chi connectivity index (χ4n) is 2.59. The average molecular weight is 272 g/mol. The molecule has 2 rings (SSSR count). The van der Waals surface area contributed by atoms with E-state index in [1.807, 2.05) is 31.3 Å². The van der Waals surface area contributed by atoms with E-state index in [1.54, 1.807) is 0 Å². The van der Waals surface area contributed by atoms with Gasteiger partial charge >= 0.3 is 0 Å². The van der Waals surface area contributed by atoms with Gasteiger partial charge in [-0.2, -0.15) is 0 Å². The Labute approximate surface area is 121 Å². The molecule has 1 aliphatic rings. The number of amides is 1. The van der Waals surface area contributed by atoms with Gasteiger partial charge in [-0.25, -0.2) is 0 Å². The molecule has 20 heavy (non-hydrogen) atoms. The van der Waals surface area contributed by atoms with Crippen LogP contribution >= 0.6 is 0 Å². The van der Waals surface area contributed by atoms with Crippen LogP contribution in [0.15, 0.2) is 36.4 Å². The third-order valence-electron chi connectivity index (χ3n) is 3.84. The smallest absolute Gasteiger partial charge is 0.251 e. The fraction of sp³-hybridized carbons (Fsp3) is 0.471. The van der Waals surface area contributed by atoms with Crippen LogP contribution in [0.5, 0.6) is 0 Å². The standard InChI is InChI=1S/C17H24N2O/c1-18-12-11-15-9-5-6-10-16(15)17(20)19-13-14-7-3-2-4-8-14/h2-3,5-6,9-10,14,18H,4,7-8,11-13H2,1H3,(H,19,20). The van der Waals surface area contributed by atoms with Gasteiger partial charge in [0.2, 0.25) is 0 Å². The molecule has 0 aliphatic heterocycles. The zero-order chi connectivity index (χ0) is 14.2.